The minimum absolute atomic E-state index is 0.131. The summed E-state index contributed by atoms with van der Waals surface area (Å²) < 4.78 is 5.40. The molecule has 2 nitrogen and oxygen atoms in total. The zero-order valence-electron chi connectivity index (χ0n) is 10.8. The van der Waals surface area contributed by atoms with Crippen LogP contribution in [0.2, 0.25) is 0 Å². The van der Waals surface area contributed by atoms with Crippen molar-refractivity contribution >= 4 is 0 Å². The van der Waals surface area contributed by atoms with Gasteiger partial charge in [0.05, 0.1) is 13.2 Å². The molecule has 17 heavy (non-hydrogen) atoms. The first kappa shape index (κ1) is 12.4. The summed E-state index contributed by atoms with van der Waals surface area (Å²) in [5.41, 5.74) is 2.49. The first-order valence-electron chi connectivity index (χ1n) is 6.52. The maximum Gasteiger partial charge on any atom is 0.122 e. The average molecular weight is 234 g/mol. The average Bonchev–Trinajstić information content (AvgIpc) is 2.32. The highest BCUT2D eigenvalue weighted by Gasteiger charge is 2.24. The first-order valence-corrected chi connectivity index (χ1v) is 6.52. The highest BCUT2D eigenvalue weighted by atomic mass is 16.5. The summed E-state index contributed by atoms with van der Waals surface area (Å²) in [6.45, 7) is 2.10. The zero-order chi connectivity index (χ0) is 12.3. The van der Waals surface area contributed by atoms with Crippen LogP contribution in [0.3, 0.4) is 0 Å². The van der Waals surface area contributed by atoms with Crippen molar-refractivity contribution in [2.24, 2.45) is 5.92 Å². The molecule has 0 radical (unpaired) electrons. The van der Waals surface area contributed by atoms with Crippen molar-refractivity contribution in [3.63, 3.8) is 0 Å². The quantitative estimate of drug-likeness (QED) is 0.870. The third-order valence-electron chi connectivity index (χ3n) is 3.79. The fourth-order valence-electron chi connectivity index (χ4n) is 2.78. The molecule has 0 spiro atoms. The van der Waals surface area contributed by atoms with E-state index in [0.717, 1.165) is 25.0 Å². The molecule has 0 bridgehead atoms. The van der Waals surface area contributed by atoms with Crippen molar-refractivity contribution in [2.75, 3.05) is 7.11 Å². The van der Waals surface area contributed by atoms with Gasteiger partial charge in [-0.3, -0.25) is 0 Å². The molecule has 0 heterocycles. The summed E-state index contributed by atoms with van der Waals surface area (Å²) in [7, 11) is 1.71. The fraction of sp³-hybridized carbons (Fsp3) is 0.600. The molecule has 94 valence electrons. The molecular weight excluding hydrogens is 212 g/mol. The van der Waals surface area contributed by atoms with E-state index in [0.29, 0.717) is 5.92 Å². The van der Waals surface area contributed by atoms with Gasteiger partial charge in [-0.1, -0.05) is 30.5 Å². The number of rotatable bonds is 3. The smallest absolute Gasteiger partial charge is 0.122 e. The molecule has 2 unspecified atom stereocenters. The number of ether oxygens (including phenoxy) is 1. The van der Waals surface area contributed by atoms with Crippen LogP contribution in [0.4, 0.5) is 0 Å². The SMILES string of the molecule is COc1ccc(C)cc1CC1CCCCC1O. The van der Waals surface area contributed by atoms with E-state index >= 15 is 0 Å². The monoisotopic (exact) mass is 234 g/mol. The second-order valence-electron chi connectivity index (χ2n) is 5.13. The van der Waals surface area contributed by atoms with E-state index in [1.165, 1.54) is 24.0 Å². The van der Waals surface area contributed by atoms with Gasteiger partial charge in [0.1, 0.15) is 5.75 Å². The second kappa shape index (κ2) is 5.54. The lowest BCUT2D eigenvalue weighted by Crippen LogP contribution is -2.26. The van der Waals surface area contributed by atoms with Crippen LogP contribution in [-0.2, 0) is 6.42 Å². The molecule has 2 heteroatoms. The van der Waals surface area contributed by atoms with E-state index in [9.17, 15) is 5.11 Å². The topological polar surface area (TPSA) is 29.5 Å². The number of aliphatic hydroxyl groups is 1. The van der Waals surface area contributed by atoms with Gasteiger partial charge in [0, 0.05) is 0 Å². The van der Waals surface area contributed by atoms with Crippen LogP contribution in [-0.4, -0.2) is 18.3 Å². The molecule has 1 fully saturated rings. The van der Waals surface area contributed by atoms with Crippen LogP contribution < -0.4 is 4.74 Å². The van der Waals surface area contributed by atoms with Crippen molar-refractivity contribution in [2.45, 2.75) is 45.1 Å². The lowest BCUT2D eigenvalue weighted by molar-refractivity contribution is 0.0697. The maximum atomic E-state index is 10.0. The second-order valence-corrected chi connectivity index (χ2v) is 5.13. The Bertz CT molecular complexity index is 373. The predicted octanol–water partition coefficient (Wildman–Crippen LogP) is 3.10. The molecule has 0 aliphatic heterocycles. The van der Waals surface area contributed by atoms with Crippen molar-refractivity contribution in [1.29, 1.82) is 0 Å². The molecule has 1 N–H and O–H groups in total. The number of hydrogen-bond donors (Lipinski definition) is 1. The molecule has 0 amide bonds. The summed E-state index contributed by atoms with van der Waals surface area (Å²) in [5, 5.41) is 10.0. The Kier molecular flexibility index (Phi) is 4.06. The predicted molar refractivity (Wildman–Crippen MR) is 69.4 cm³/mol. The maximum absolute atomic E-state index is 10.0. The third kappa shape index (κ3) is 3.01. The largest absolute Gasteiger partial charge is 0.496 e. The van der Waals surface area contributed by atoms with Crippen LogP contribution in [0.1, 0.15) is 36.8 Å². The molecule has 1 aliphatic carbocycles. The minimum atomic E-state index is -0.131. The van der Waals surface area contributed by atoms with E-state index in [1.54, 1.807) is 7.11 Å². The first-order chi connectivity index (χ1) is 8.20. The Morgan fingerprint density at radius 3 is 2.76 bits per heavy atom. The molecule has 1 aromatic rings. The highest BCUT2D eigenvalue weighted by Crippen LogP contribution is 2.30. The van der Waals surface area contributed by atoms with E-state index in [1.807, 2.05) is 6.07 Å². The van der Waals surface area contributed by atoms with Gasteiger partial charge in [-0.15, -0.1) is 0 Å². The van der Waals surface area contributed by atoms with Gasteiger partial charge in [-0.25, -0.2) is 0 Å². The lowest BCUT2D eigenvalue weighted by atomic mass is 9.82. The Balaban J connectivity index is 2.13. The highest BCUT2D eigenvalue weighted by molar-refractivity contribution is 5.37. The van der Waals surface area contributed by atoms with E-state index in [-0.39, 0.29) is 6.10 Å². The standard InChI is InChI=1S/C15H22O2/c1-11-7-8-15(17-2)13(9-11)10-12-5-3-4-6-14(12)16/h7-9,12,14,16H,3-6,10H2,1-2H3. The molecule has 0 saturated heterocycles. The fourth-order valence-corrected chi connectivity index (χ4v) is 2.78. The van der Waals surface area contributed by atoms with Gasteiger partial charge in [-0.2, -0.15) is 0 Å². The summed E-state index contributed by atoms with van der Waals surface area (Å²) in [6, 6.07) is 6.28. The number of aryl methyl sites for hydroxylation is 1. The van der Waals surface area contributed by atoms with Gasteiger partial charge in [0.15, 0.2) is 0 Å². The van der Waals surface area contributed by atoms with Crippen molar-refractivity contribution in [3.8, 4) is 5.75 Å². The molecule has 1 saturated carbocycles. The van der Waals surface area contributed by atoms with Crippen molar-refractivity contribution in [1.82, 2.24) is 0 Å². The molecule has 0 aromatic heterocycles. The Morgan fingerprint density at radius 1 is 1.29 bits per heavy atom. The van der Waals surface area contributed by atoms with E-state index in [4.69, 9.17) is 4.74 Å². The van der Waals surface area contributed by atoms with Crippen LogP contribution >= 0.6 is 0 Å². The number of methoxy groups -OCH3 is 1. The Labute approximate surface area is 104 Å². The van der Waals surface area contributed by atoms with Gasteiger partial charge in [0.25, 0.3) is 0 Å². The van der Waals surface area contributed by atoms with Gasteiger partial charge < -0.3 is 9.84 Å². The summed E-state index contributed by atoms with van der Waals surface area (Å²) >= 11 is 0. The Morgan fingerprint density at radius 2 is 2.06 bits per heavy atom. The molecule has 1 aromatic carbocycles. The van der Waals surface area contributed by atoms with Gasteiger partial charge >= 0.3 is 0 Å². The van der Waals surface area contributed by atoms with Crippen LogP contribution in [0.5, 0.6) is 5.75 Å². The van der Waals surface area contributed by atoms with E-state index in [2.05, 4.69) is 19.1 Å². The minimum Gasteiger partial charge on any atom is -0.496 e. The number of hydrogen-bond acceptors (Lipinski definition) is 2. The number of benzene rings is 1. The Hall–Kier alpha value is -1.02. The van der Waals surface area contributed by atoms with Gasteiger partial charge in [-0.05, 0) is 43.7 Å². The summed E-state index contributed by atoms with van der Waals surface area (Å²) in [4.78, 5) is 0. The molecule has 2 atom stereocenters. The number of aliphatic hydroxyl groups excluding tert-OH is 1. The van der Waals surface area contributed by atoms with E-state index < -0.39 is 0 Å². The summed E-state index contributed by atoms with van der Waals surface area (Å²) in [5.74, 6) is 1.35. The van der Waals surface area contributed by atoms with Crippen molar-refractivity contribution < 1.29 is 9.84 Å². The third-order valence-corrected chi connectivity index (χ3v) is 3.79. The molecule has 2 rings (SSSR count). The van der Waals surface area contributed by atoms with Crippen LogP contribution in [0.25, 0.3) is 0 Å². The summed E-state index contributed by atoms with van der Waals surface area (Å²) in [6.07, 6.45) is 5.32. The normalized spacial score (nSPS) is 24.6. The zero-order valence-corrected chi connectivity index (χ0v) is 10.8. The van der Waals surface area contributed by atoms with Gasteiger partial charge in [0.2, 0.25) is 0 Å². The lowest BCUT2D eigenvalue weighted by Gasteiger charge is -2.28. The van der Waals surface area contributed by atoms with Crippen LogP contribution in [0.15, 0.2) is 18.2 Å². The van der Waals surface area contributed by atoms with Crippen molar-refractivity contribution in [3.05, 3.63) is 29.3 Å². The molecular formula is C15H22O2. The van der Waals surface area contributed by atoms with Crippen LogP contribution in [0, 0.1) is 12.8 Å². The molecule has 1 aliphatic rings.